The second-order valence-corrected chi connectivity index (χ2v) is 8.91. The maximum atomic E-state index is 13.4. The Kier molecular flexibility index (Phi) is 6.96. The first kappa shape index (κ1) is 25.9. The van der Waals surface area contributed by atoms with Gasteiger partial charge < -0.3 is 14.6 Å². The van der Waals surface area contributed by atoms with Gasteiger partial charge in [0, 0.05) is 29.8 Å². The molecule has 2 heterocycles. The monoisotopic (exact) mass is 515 g/mol. The van der Waals surface area contributed by atoms with Crippen LogP contribution in [0, 0.1) is 12.8 Å². The van der Waals surface area contributed by atoms with Gasteiger partial charge >= 0.3 is 18.3 Å². The van der Waals surface area contributed by atoms with Gasteiger partial charge in [-0.25, -0.2) is 0 Å². The molecule has 2 aromatic carbocycles. The highest BCUT2D eigenvalue weighted by molar-refractivity contribution is 5.70. The van der Waals surface area contributed by atoms with Crippen molar-refractivity contribution in [1.82, 2.24) is 4.90 Å². The lowest BCUT2D eigenvalue weighted by Gasteiger charge is -2.24. The molecule has 2 aromatic rings. The predicted molar refractivity (Wildman–Crippen MR) is 118 cm³/mol. The highest BCUT2D eigenvalue weighted by Crippen LogP contribution is 2.39. The number of carboxylic acids is 1. The number of likely N-dealkylation sites (tertiary alicyclic amines) is 1. The van der Waals surface area contributed by atoms with Crippen LogP contribution >= 0.6 is 0 Å². The summed E-state index contributed by atoms with van der Waals surface area (Å²) < 4.78 is 90.4. The number of ether oxygens (including phenoxy) is 2. The van der Waals surface area contributed by atoms with Gasteiger partial charge in [-0.2, -0.15) is 26.3 Å². The molecule has 0 spiro atoms. The van der Waals surface area contributed by atoms with E-state index < -0.39 is 41.6 Å². The van der Waals surface area contributed by atoms with Crippen molar-refractivity contribution in [2.75, 3.05) is 26.2 Å². The zero-order valence-corrected chi connectivity index (χ0v) is 19.2. The predicted octanol–water partition coefficient (Wildman–Crippen LogP) is 5.79. The van der Waals surface area contributed by atoms with Crippen LogP contribution < -0.4 is 9.47 Å². The van der Waals surface area contributed by atoms with Crippen LogP contribution in [0.25, 0.3) is 6.08 Å². The number of alkyl halides is 6. The van der Waals surface area contributed by atoms with Crippen LogP contribution in [-0.4, -0.2) is 42.2 Å². The Labute approximate surface area is 202 Å². The third-order valence-electron chi connectivity index (χ3n) is 6.32. The minimum Gasteiger partial charge on any atom is -0.488 e. The van der Waals surface area contributed by atoms with Crippen molar-refractivity contribution >= 4 is 12.0 Å². The Bertz CT molecular complexity index is 1190. The number of rotatable bonds is 6. The SMILES string of the molecule is Cc1c(OCc2ccc(C(F)(F)F)cc2C(F)(F)F)ccc2c1OCC(CN1CCC(C(=O)O)C1)=C2. The first-order chi connectivity index (χ1) is 16.8. The maximum absolute atomic E-state index is 13.4. The number of aliphatic carboxylic acids is 1. The van der Waals surface area contributed by atoms with E-state index in [4.69, 9.17) is 14.6 Å². The smallest absolute Gasteiger partial charge is 0.416 e. The van der Waals surface area contributed by atoms with Crippen LogP contribution in [0.15, 0.2) is 35.9 Å². The molecule has 1 N–H and O–H groups in total. The summed E-state index contributed by atoms with van der Waals surface area (Å²) in [7, 11) is 0. The molecule has 0 radical (unpaired) electrons. The van der Waals surface area contributed by atoms with Gasteiger partial charge in [-0.15, -0.1) is 0 Å². The zero-order chi connectivity index (χ0) is 26.3. The standard InChI is InChI=1S/C25H23F6NO4/c1-14-21(35-13-18-2-4-19(24(26,27)28)9-20(18)25(29,30)31)5-3-16-8-15(12-36-22(14)16)10-32-7-6-17(11-32)23(33)34/h2-5,8-9,17H,6-7,10-13H2,1H3,(H,33,34). The molecular formula is C25H23F6NO4. The summed E-state index contributed by atoms with van der Waals surface area (Å²) in [5.74, 6) is -0.433. The lowest BCUT2D eigenvalue weighted by atomic mass is 10.0. The molecule has 0 amide bonds. The first-order valence-electron chi connectivity index (χ1n) is 11.1. The molecule has 36 heavy (non-hydrogen) atoms. The van der Waals surface area contributed by atoms with Gasteiger partial charge in [0.2, 0.25) is 0 Å². The Morgan fingerprint density at radius 3 is 2.53 bits per heavy atom. The third-order valence-corrected chi connectivity index (χ3v) is 6.32. The van der Waals surface area contributed by atoms with Crippen molar-refractivity contribution in [3.05, 3.63) is 63.7 Å². The molecule has 1 saturated heterocycles. The van der Waals surface area contributed by atoms with Gasteiger partial charge in [0.15, 0.2) is 0 Å². The van der Waals surface area contributed by atoms with Crippen LogP contribution in [0.4, 0.5) is 26.3 Å². The molecule has 0 aliphatic carbocycles. The molecule has 1 fully saturated rings. The fourth-order valence-electron chi connectivity index (χ4n) is 4.44. The van der Waals surface area contributed by atoms with E-state index in [2.05, 4.69) is 0 Å². The third kappa shape index (κ3) is 5.61. The van der Waals surface area contributed by atoms with Crippen molar-refractivity contribution in [3.63, 3.8) is 0 Å². The molecule has 5 nitrogen and oxygen atoms in total. The second kappa shape index (κ2) is 9.68. The number of fused-ring (bicyclic) bond motifs is 1. The van der Waals surface area contributed by atoms with Crippen LogP contribution in [0.3, 0.4) is 0 Å². The summed E-state index contributed by atoms with van der Waals surface area (Å²) in [5.41, 5.74) is -0.936. The minimum atomic E-state index is -4.98. The minimum absolute atomic E-state index is 0.0902. The summed E-state index contributed by atoms with van der Waals surface area (Å²) in [6, 6.07) is 4.73. The quantitative estimate of drug-likeness (QED) is 0.494. The van der Waals surface area contributed by atoms with E-state index >= 15 is 0 Å². The summed E-state index contributed by atoms with van der Waals surface area (Å²) >= 11 is 0. The van der Waals surface area contributed by atoms with Crippen molar-refractivity contribution in [2.24, 2.45) is 5.92 Å². The number of nitrogens with zero attached hydrogens (tertiary/aromatic N) is 1. The van der Waals surface area contributed by atoms with Gasteiger partial charge in [-0.05, 0) is 55.8 Å². The van der Waals surface area contributed by atoms with E-state index in [9.17, 15) is 31.1 Å². The van der Waals surface area contributed by atoms with Gasteiger partial charge in [-0.1, -0.05) is 6.07 Å². The number of hydrogen-bond donors (Lipinski definition) is 1. The van der Waals surface area contributed by atoms with E-state index in [1.54, 1.807) is 19.1 Å². The fourth-order valence-corrected chi connectivity index (χ4v) is 4.44. The lowest BCUT2D eigenvalue weighted by molar-refractivity contribution is -0.144. The molecule has 194 valence electrons. The van der Waals surface area contributed by atoms with Gasteiger partial charge in [0.1, 0.15) is 24.7 Å². The van der Waals surface area contributed by atoms with E-state index in [-0.39, 0.29) is 24.3 Å². The number of hydrogen-bond acceptors (Lipinski definition) is 4. The molecule has 0 aromatic heterocycles. The average Bonchev–Trinajstić information content (AvgIpc) is 3.26. The maximum Gasteiger partial charge on any atom is 0.416 e. The number of halogens is 6. The largest absolute Gasteiger partial charge is 0.488 e. The van der Waals surface area contributed by atoms with Crippen molar-refractivity contribution in [2.45, 2.75) is 32.3 Å². The molecule has 4 rings (SSSR count). The summed E-state index contributed by atoms with van der Waals surface area (Å²) in [5, 5.41) is 9.16. The van der Waals surface area contributed by atoms with Gasteiger partial charge in [0.25, 0.3) is 0 Å². The molecule has 2 aliphatic rings. The molecule has 1 unspecified atom stereocenters. The summed E-state index contributed by atoms with van der Waals surface area (Å²) in [6.07, 6.45) is -7.35. The number of carbonyl (C=O) groups is 1. The van der Waals surface area contributed by atoms with Gasteiger partial charge in [0.05, 0.1) is 17.0 Å². The Hall–Kier alpha value is -3.21. The fraction of sp³-hybridized carbons (Fsp3) is 0.400. The first-order valence-corrected chi connectivity index (χ1v) is 11.1. The summed E-state index contributed by atoms with van der Waals surface area (Å²) in [6.45, 7) is 3.08. The number of benzene rings is 2. The highest BCUT2D eigenvalue weighted by atomic mass is 19.4. The van der Waals surface area contributed by atoms with Crippen LogP contribution in [0.1, 0.15) is 34.2 Å². The van der Waals surface area contributed by atoms with Crippen molar-refractivity contribution in [1.29, 1.82) is 0 Å². The van der Waals surface area contributed by atoms with Crippen molar-refractivity contribution in [3.8, 4) is 11.5 Å². The zero-order valence-electron chi connectivity index (χ0n) is 19.2. The normalized spacial score (nSPS) is 18.4. The van der Waals surface area contributed by atoms with Crippen LogP contribution in [0.2, 0.25) is 0 Å². The number of carboxylic acid groups (broad SMARTS) is 1. The lowest BCUT2D eigenvalue weighted by Crippen LogP contribution is -2.27. The van der Waals surface area contributed by atoms with E-state index in [0.29, 0.717) is 43.4 Å². The Morgan fingerprint density at radius 2 is 1.89 bits per heavy atom. The van der Waals surface area contributed by atoms with Crippen LogP contribution in [0.5, 0.6) is 11.5 Å². The Morgan fingerprint density at radius 1 is 1.14 bits per heavy atom. The van der Waals surface area contributed by atoms with E-state index in [1.165, 1.54) is 0 Å². The van der Waals surface area contributed by atoms with Crippen LogP contribution in [-0.2, 0) is 23.8 Å². The second-order valence-electron chi connectivity index (χ2n) is 8.91. The Balaban J connectivity index is 1.48. The highest BCUT2D eigenvalue weighted by Gasteiger charge is 2.38. The van der Waals surface area contributed by atoms with Gasteiger partial charge in [-0.3, -0.25) is 9.69 Å². The molecule has 0 saturated carbocycles. The van der Waals surface area contributed by atoms with E-state index in [1.807, 2.05) is 11.0 Å². The van der Waals surface area contributed by atoms with E-state index in [0.717, 1.165) is 17.2 Å². The molecule has 2 aliphatic heterocycles. The molecule has 1 atom stereocenters. The summed E-state index contributed by atoms with van der Waals surface area (Å²) in [4.78, 5) is 13.2. The van der Waals surface area contributed by atoms with Crippen molar-refractivity contribution < 1.29 is 45.7 Å². The topological polar surface area (TPSA) is 59.0 Å². The molecule has 11 heteroatoms. The molecular weight excluding hydrogens is 492 g/mol. The molecule has 0 bridgehead atoms. The average molecular weight is 515 g/mol.